The number of para-hydroxylation sites is 1. The van der Waals surface area contributed by atoms with E-state index >= 15 is 0 Å². The monoisotopic (exact) mass is 447 g/mol. The van der Waals surface area contributed by atoms with Gasteiger partial charge in [-0.1, -0.05) is 66.5 Å². The van der Waals surface area contributed by atoms with E-state index in [1.807, 2.05) is 42.5 Å². The summed E-state index contributed by atoms with van der Waals surface area (Å²) in [5.41, 5.74) is 2.30. The maximum atomic E-state index is 13.5. The summed E-state index contributed by atoms with van der Waals surface area (Å²) in [6.45, 7) is 1.77. The molecular weight excluding hydrogens is 422 g/mol. The minimum atomic E-state index is -0.609. The molecule has 2 aromatic carbocycles. The molecule has 0 aliphatic heterocycles. The molecule has 1 aliphatic rings. The van der Waals surface area contributed by atoms with Crippen molar-refractivity contribution in [3.63, 3.8) is 0 Å². The van der Waals surface area contributed by atoms with Crippen LogP contribution in [0, 0.1) is 6.92 Å². The number of aryl methyl sites for hydroxylation is 1. The molecule has 2 aromatic heterocycles. The summed E-state index contributed by atoms with van der Waals surface area (Å²) < 4.78 is 11.3. The molecule has 1 amide bonds. The number of carbonyl (C=O) groups excluding carboxylic acids is 1. The van der Waals surface area contributed by atoms with Crippen LogP contribution < -0.4 is 5.32 Å². The Kier molecular flexibility index (Phi) is 5.74. The first kappa shape index (κ1) is 20.8. The first-order valence-corrected chi connectivity index (χ1v) is 12.1. The third-order valence-electron chi connectivity index (χ3n) is 6.03. The summed E-state index contributed by atoms with van der Waals surface area (Å²) in [6.07, 6.45) is 3.59. The number of nitrogens with one attached hydrogen (secondary N) is 1. The molecule has 5 rings (SSSR count). The zero-order valence-corrected chi connectivity index (χ0v) is 18.8. The standard InChI is InChI=1S/C25H25N3O3S/c1-17-26-24(28-31-17)25(13-7-8-14-25)27-23(29)22-20(19-11-5-6-12-21(19)30-22)16-32-15-18-9-3-2-4-10-18/h2-6,9-12H,7-8,13-16H2,1H3,(H,27,29). The molecule has 0 spiro atoms. The summed E-state index contributed by atoms with van der Waals surface area (Å²) in [7, 11) is 0. The van der Waals surface area contributed by atoms with Crippen LogP contribution in [-0.2, 0) is 17.0 Å². The van der Waals surface area contributed by atoms with Crippen LogP contribution in [0.1, 0.15) is 59.1 Å². The maximum Gasteiger partial charge on any atom is 0.288 e. The molecule has 0 bridgehead atoms. The van der Waals surface area contributed by atoms with Crippen molar-refractivity contribution >= 4 is 28.6 Å². The molecule has 1 saturated carbocycles. The number of hydrogen-bond donors (Lipinski definition) is 1. The van der Waals surface area contributed by atoms with Crippen LogP contribution in [0.15, 0.2) is 63.5 Å². The average molecular weight is 448 g/mol. The molecule has 0 radical (unpaired) electrons. The van der Waals surface area contributed by atoms with Gasteiger partial charge in [-0.2, -0.15) is 16.7 Å². The Labute approximate surface area is 190 Å². The fraction of sp³-hybridized carbons (Fsp3) is 0.320. The van der Waals surface area contributed by atoms with E-state index in [1.54, 1.807) is 18.7 Å². The van der Waals surface area contributed by atoms with Crippen LogP contribution in [0.25, 0.3) is 11.0 Å². The average Bonchev–Trinajstić information content (AvgIpc) is 3.54. The van der Waals surface area contributed by atoms with Crippen LogP contribution in [0.3, 0.4) is 0 Å². The van der Waals surface area contributed by atoms with Gasteiger partial charge in [0, 0.05) is 29.4 Å². The normalized spacial score (nSPS) is 15.3. The lowest BCUT2D eigenvalue weighted by Crippen LogP contribution is -2.44. The Morgan fingerprint density at radius 3 is 2.56 bits per heavy atom. The predicted molar refractivity (Wildman–Crippen MR) is 124 cm³/mol. The summed E-state index contributed by atoms with van der Waals surface area (Å²) in [5.74, 6) is 2.76. The molecule has 7 heteroatoms. The van der Waals surface area contributed by atoms with Crippen molar-refractivity contribution in [3.05, 3.63) is 83.2 Å². The lowest BCUT2D eigenvalue weighted by Gasteiger charge is -2.26. The molecule has 0 atom stereocenters. The molecule has 1 N–H and O–H groups in total. The highest BCUT2D eigenvalue weighted by atomic mass is 32.2. The molecule has 6 nitrogen and oxygen atoms in total. The molecular formula is C25H25N3O3S. The number of furan rings is 1. The highest BCUT2D eigenvalue weighted by molar-refractivity contribution is 7.97. The number of fused-ring (bicyclic) bond motifs is 1. The second kappa shape index (κ2) is 8.82. The van der Waals surface area contributed by atoms with Gasteiger partial charge in [-0.3, -0.25) is 4.79 Å². The van der Waals surface area contributed by atoms with Crippen LogP contribution in [0.4, 0.5) is 0 Å². The number of thioether (sulfide) groups is 1. The first-order valence-electron chi connectivity index (χ1n) is 10.9. The number of carbonyl (C=O) groups is 1. The highest BCUT2D eigenvalue weighted by Crippen LogP contribution is 2.38. The topological polar surface area (TPSA) is 81.2 Å². The van der Waals surface area contributed by atoms with E-state index in [0.717, 1.165) is 48.0 Å². The second-order valence-electron chi connectivity index (χ2n) is 8.26. The van der Waals surface area contributed by atoms with Gasteiger partial charge in [0.25, 0.3) is 5.91 Å². The lowest BCUT2D eigenvalue weighted by molar-refractivity contribution is 0.0864. The zero-order chi connectivity index (χ0) is 22.0. The summed E-state index contributed by atoms with van der Waals surface area (Å²) in [4.78, 5) is 17.9. The number of aromatic nitrogens is 2. The minimum absolute atomic E-state index is 0.221. The van der Waals surface area contributed by atoms with Gasteiger partial charge in [-0.15, -0.1) is 0 Å². The Balaban J connectivity index is 1.42. The maximum absolute atomic E-state index is 13.5. The lowest BCUT2D eigenvalue weighted by atomic mass is 9.96. The molecule has 1 aliphatic carbocycles. The Morgan fingerprint density at radius 1 is 1.06 bits per heavy atom. The van der Waals surface area contributed by atoms with Crippen molar-refractivity contribution in [1.82, 2.24) is 15.5 Å². The molecule has 0 saturated heterocycles. The number of amides is 1. The minimum Gasteiger partial charge on any atom is -0.451 e. The zero-order valence-electron chi connectivity index (χ0n) is 18.0. The fourth-order valence-corrected chi connectivity index (χ4v) is 5.44. The smallest absolute Gasteiger partial charge is 0.288 e. The van der Waals surface area contributed by atoms with Gasteiger partial charge in [-0.05, 0) is 24.5 Å². The number of nitrogens with zero attached hydrogens (tertiary/aromatic N) is 2. The second-order valence-corrected chi connectivity index (χ2v) is 9.25. The summed E-state index contributed by atoms with van der Waals surface area (Å²) >= 11 is 1.77. The number of hydrogen-bond acceptors (Lipinski definition) is 6. The SMILES string of the molecule is Cc1nc(C2(NC(=O)c3oc4ccccc4c3CSCc3ccccc3)CCCC2)no1. The summed E-state index contributed by atoms with van der Waals surface area (Å²) in [6, 6.07) is 18.2. The third kappa shape index (κ3) is 4.05. The first-order chi connectivity index (χ1) is 15.6. The van der Waals surface area contributed by atoms with E-state index in [2.05, 4.69) is 27.6 Å². The number of rotatable bonds is 7. The van der Waals surface area contributed by atoms with Gasteiger partial charge >= 0.3 is 0 Å². The Hall–Kier alpha value is -3.06. The van der Waals surface area contributed by atoms with Crippen LogP contribution in [0.2, 0.25) is 0 Å². The van der Waals surface area contributed by atoms with Gasteiger partial charge in [0.2, 0.25) is 5.89 Å². The van der Waals surface area contributed by atoms with E-state index in [0.29, 0.717) is 23.2 Å². The predicted octanol–water partition coefficient (Wildman–Crippen LogP) is 5.76. The molecule has 2 heterocycles. The van der Waals surface area contributed by atoms with Crippen LogP contribution in [-0.4, -0.2) is 16.0 Å². The van der Waals surface area contributed by atoms with Gasteiger partial charge in [0.1, 0.15) is 11.1 Å². The van der Waals surface area contributed by atoms with E-state index in [9.17, 15) is 4.79 Å². The van der Waals surface area contributed by atoms with Crippen molar-refractivity contribution in [2.75, 3.05) is 0 Å². The molecule has 0 unspecified atom stereocenters. The Bertz CT molecular complexity index is 1230. The fourth-order valence-electron chi connectivity index (χ4n) is 4.42. The molecule has 32 heavy (non-hydrogen) atoms. The quantitative estimate of drug-likeness (QED) is 0.388. The van der Waals surface area contributed by atoms with Gasteiger partial charge in [0.05, 0.1) is 0 Å². The molecule has 4 aromatic rings. The van der Waals surface area contributed by atoms with Crippen molar-refractivity contribution in [2.45, 2.75) is 49.7 Å². The Morgan fingerprint density at radius 2 is 1.81 bits per heavy atom. The molecule has 1 fully saturated rings. The van der Waals surface area contributed by atoms with Crippen molar-refractivity contribution < 1.29 is 13.7 Å². The third-order valence-corrected chi connectivity index (χ3v) is 7.06. The molecule has 164 valence electrons. The highest BCUT2D eigenvalue weighted by Gasteiger charge is 2.42. The van der Waals surface area contributed by atoms with E-state index in [1.165, 1.54) is 5.56 Å². The van der Waals surface area contributed by atoms with Crippen LogP contribution >= 0.6 is 11.8 Å². The van der Waals surface area contributed by atoms with E-state index in [-0.39, 0.29) is 5.91 Å². The van der Waals surface area contributed by atoms with Gasteiger partial charge in [-0.25, -0.2) is 0 Å². The van der Waals surface area contributed by atoms with E-state index < -0.39 is 5.54 Å². The van der Waals surface area contributed by atoms with E-state index in [4.69, 9.17) is 8.94 Å². The van der Waals surface area contributed by atoms with Crippen LogP contribution in [0.5, 0.6) is 0 Å². The van der Waals surface area contributed by atoms with Gasteiger partial charge in [0.15, 0.2) is 11.6 Å². The number of benzene rings is 2. The van der Waals surface area contributed by atoms with Crippen molar-refractivity contribution in [2.24, 2.45) is 0 Å². The van der Waals surface area contributed by atoms with Gasteiger partial charge < -0.3 is 14.3 Å². The largest absolute Gasteiger partial charge is 0.451 e. The summed E-state index contributed by atoms with van der Waals surface area (Å²) in [5, 5.41) is 8.33. The van der Waals surface area contributed by atoms with Crippen molar-refractivity contribution in [3.8, 4) is 0 Å². The van der Waals surface area contributed by atoms with Crippen molar-refractivity contribution in [1.29, 1.82) is 0 Å².